The lowest BCUT2D eigenvalue weighted by atomic mass is 10.3. The molecular formula is C9H11N7. The average Bonchev–Trinajstić information content (AvgIpc) is 2.58. The molecule has 7 heteroatoms. The zero-order valence-electron chi connectivity index (χ0n) is 8.38. The summed E-state index contributed by atoms with van der Waals surface area (Å²) in [6, 6.07) is 7.10. The smallest absolute Gasteiger partial charge is 0.175 e. The molecule has 0 amide bonds. The Hall–Kier alpha value is -2.57. The first-order chi connectivity index (χ1) is 7.68. The lowest BCUT2D eigenvalue weighted by Crippen LogP contribution is -1.85. The molecule has 82 valence electrons. The first-order valence-corrected chi connectivity index (χ1v) is 4.54. The van der Waals surface area contributed by atoms with Crippen LogP contribution in [-0.4, -0.2) is 10.2 Å². The Bertz CT molecular complexity index is 509. The molecule has 0 aliphatic heterocycles. The van der Waals surface area contributed by atoms with Gasteiger partial charge in [-0.15, -0.1) is 10.2 Å². The molecule has 0 radical (unpaired) electrons. The fourth-order valence-electron chi connectivity index (χ4n) is 1.15. The SMILES string of the molecule is Nc1ccccc1N=Nc1c(N)n[nH]c1N. The third kappa shape index (κ3) is 1.78. The van der Waals surface area contributed by atoms with E-state index >= 15 is 0 Å². The first-order valence-electron chi connectivity index (χ1n) is 4.54. The largest absolute Gasteiger partial charge is 0.397 e. The van der Waals surface area contributed by atoms with Crippen molar-refractivity contribution in [1.29, 1.82) is 0 Å². The molecule has 0 bridgehead atoms. The van der Waals surface area contributed by atoms with Crippen LogP contribution in [0.5, 0.6) is 0 Å². The van der Waals surface area contributed by atoms with E-state index in [4.69, 9.17) is 17.2 Å². The van der Waals surface area contributed by atoms with Gasteiger partial charge in [-0.3, -0.25) is 5.10 Å². The Balaban J connectivity index is 2.32. The minimum absolute atomic E-state index is 0.204. The van der Waals surface area contributed by atoms with Gasteiger partial charge in [-0.2, -0.15) is 5.10 Å². The molecule has 2 aromatic rings. The Morgan fingerprint density at radius 2 is 1.81 bits per heavy atom. The third-order valence-corrected chi connectivity index (χ3v) is 1.99. The standard InChI is InChI=1S/C9H11N7/c10-5-3-1-2-4-6(5)13-14-7-8(11)15-16-9(7)12/h1-4H,10H2,(H5,11,12,15,16). The van der Waals surface area contributed by atoms with Crippen LogP contribution in [0.1, 0.15) is 0 Å². The molecule has 1 aromatic heterocycles. The van der Waals surface area contributed by atoms with Crippen LogP contribution < -0.4 is 17.2 Å². The number of para-hydroxylation sites is 1. The highest BCUT2D eigenvalue weighted by molar-refractivity contribution is 5.70. The number of hydrogen-bond donors (Lipinski definition) is 4. The van der Waals surface area contributed by atoms with E-state index in [0.717, 1.165) is 0 Å². The van der Waals surface area contributed by atoms with Crippen molar-refractivity contribution in [3.8, 4) is 0 Å². The van der Waals surface area contributed by atoms with Gasteiger partial charge < -0.3 is 17.2 Å². The van der Waals surface area contributed by atoms with Crippen LogP contribution in [0.4, 0.5) is 28.7 Å². The van der Waals surface area contributed by atoms with Crippen LogP contribution in [0.25, 0.3) is 0 Å². The minimum atomic E-state index is 0.204. The van der Waals surface area contributed by atoms with Crippen molar-refractivity contribution in [2.75, 3.05) is 17.2 Å². The normalized spacial score (nSPS) is 11.0. The van der Waals surface area contributed by atoms with E-state index in [0.29, 0.717) is 17.1 Å². The van der Waals surface area contributed by atoms with E-state index in [9.17, 15) is 0 Å². The van der Waals surface area contributed by atoms with Crippen LogP contribution in [0.15, 0.2) is 34.5 Å². The van der Waals surface area contributed by atoms with Gasteiger partial charge in [0.25, 0.3) is 0 Å². The fourth-order valence-corrected chi connectivity index (χ4v) is 1.15. The molecule has 16 heavy (non-hydrogen) atoms. The second kappa shape index (κ2) is 3.89. The maximum atomic E-state index is 5.70. The average molecular weight is 217 g/mol. The van der Waals surface area contributed by atoms with Gasteiger partial charge in [0.2, 0.25) is 0 Å². The van der Waals surface area contributed by atoms with Crippen LogP contribution in [0.3, 0.4) is 0 Å². The molecule has 0 spiro atoms. The Labute approximate surface area is 91.4 Å². The molecule has 0 unspecified atom stereocenters. The Morgan fingerprint density at radius 3 is 2.44 bits per heavy atom. The second-order valence-corrected chi connectivity index (χ2v) is 3.13. The third-order valence-electron chi connectivity index (χ3n) is 1.99. The lowest BCUT2D eigenvalue weighted by molar-refractivity contribution is 1.11. The van der Waals surface area contributed by atoms with E-state index in [1.807, 2.05) is 12.1 Å². The highest BCUT2D eigenvalue weighted by Gasteiger charge is 2.06. The van der Waals surface area contributed by atoms with E-state index in [-0.39, 0.29) is 11.6 Å². The summed E-state index contributed by atoms with van der Waals surface area (Å²) in [5, 5.41) is 14.0. The summed E-state index contributed by atoms with van der Waals surface area (Å²) >= 11 is 0. The molecule has 0 saturated carbocycles. The zero-order chi connectivity index (χ0) is 11.5. The van der Waals surface area contributed by atoms with Crippen molar-refractivity contribution in [3.63, 3.8) is 0 Å². The van der Waals surface area contributed by atoms with E-state index in [1.54, 1.807) is 12.1 Å². The van der Waals surface area contributed by atoms with Gasteiger partial charge >= 0.3 is 0 Å². The van der Waals surface area contributed by atoms with Crippen LogP contribution in [-0.2, 0) is 0 Å². The van der Waals surface area contributed by atoms with Gasteiger partial charge in [-0.05, 0) is 12.1 Å². The van der Waals surface area contributed by atoms with Crippen molar-refractivity contribution in [2.24, 2.45) is 10.2 Å². The maximum absolute atomic E-state index is 5.70. The van der Waals surface area contributed by atoms with E-state index in [2.05, 4.69) is 20.4 Å². The summed E-state index contributed by atoms with van der Waals surface area (Å²) in [5.74, 6) is 0.478. The number of rotatable bonds is 2. The van der Waals surface area contributed by atoms with Crippen molar-refractivity contribution >= 4 is 28.7 Å². The van der Waals surface area contributed by atoms with Crippen molar-refractivity contribution in [2.45, 2.75) is 0 Å². The maximum Gasteiger partial charge on any atom is 0.175 e. The molecule has 0 fully saturated rings. The van der Waals surface area contributed by atoms with Crippen molar-refractivity contribution < 1.29 is 0 Å². The Kier molecular flexibility index (Phi) is 2.42. The number of aromatic nitrogens is 2. The number of anilines is 3. The summed E-state index contributed by atoms with van der Waals surface area (Å²) in [6.45, 7) is 0. The van der Waals surface area contributed by atoms with Gasteiger partial charge in [0.15, 0.2) is 11.5 Å². The number of hydrogen-bond acceptors (Lipinski definition) is 6. The van der Waals surface area contributed by atoms with E-state index in [1.165, 1.54) is 0 Å². The summed E-state index contributed by atoms with van der Waals surface area (Å²) in [6.07, 6.45) is 0. The summed E-state index contributed by atoms with van der Waals surface area (Å²) in [5.41, 5.74) is 18.2. The fraction of sp³-hybridized carbons (Fsp3) is 0. The number of nitrogens with two attached hydrogens (primary N) is 3. The molecule has 2 rings (SSSR count). The topological polar surface area (TPSA) is 131 Å². The molecule has 7 N–H and O–H groups in total. The molecular weight excluding hydrogens is 206 g/mol. The molecule has 7 nitrogen and oxygen atoms in total. The van der Waals surface area contributed by atoms with Crippen molar-refractivity contribution in [1.82, 2.24) is 10.2 Å². The molecule has 0 atom stereocenters. The number of nitrogens with one attached hydrogen (secondary N) is 1. The van der Waals surface area contributed by atoms with E-state index < -0.39 is 0 Å². The molecule has 0 saturated heterocycles. The highest BCUT2D eigenvalue weighted by atomic mass is 15.2. The highest BCUT2D eigenvalue weighted by Crippen LogP contribution is 2.29. The summed E-state index contributed by atoms with van der Waals surface area (Å²) in [7, 11) is 0. The van der Waals surface area contributed by atoms with Gasteiger partial charge in [-0.1, -0.05) is 12.1 Å². The first kappa shape index (κ1) is 9.97. The van der Waals surface area contributed by atoms with Crippen LogP contribution in [0.2, 0.25) is 0 Å². The van der Waals surface area contributed by atoms with Gasteiger partial charge in [0.1, 0.15) is 11.5 Å². The predicted octanol–water partition coefficient (Wildman–Crippen LogP) is 1.57. The van der Waals surface area contributed by atoms with Crippen LogP contribution >= 0.6 is 0 Å². The zero-order valence-corrected chi connectivity index (χ0v) is 8.38. The van der Waals surface area contributed by atoms with Crippen LogP contribution in [0, 0.1) is 0 Å². The number of nitrogens with zero attached hydrogens (tertiary/aromatic N) is 3. The molecule has 0 aliphatic rings. The van der Waals surface area contributed by atoms with Crippen molar-refractivity contribution in [3.05, 3.63) is 24.3 Å². The van der Waals surface area contributed by atoms with Gasteiger partial charge in [-0.25, -0.2) is 0 Å². The Morgan fingerprint density at radius 1 is 1.06 bits per heavy atom. The predicted molar refractivity (Wildman–Crippen MR) is 62.4 cm³/mol. The summed E-state index contributed by atoms with van der Waals surface area (Å²) < 4.78 is 0. The molecule has 1 heterocycles. The molecule has 1 aromatic carbocycles. The van der Waals surface area contributed by atoms with Gasteiger partial charge in [0, 0.05) is 0 Å². The quantitative estimate of drug-likeness (QED) is 0.449. The minimum Gasteiger partial charge on any atom is -0.397 e. The molecule has 0 aliphatic carbocycles. The lowest BCUT2D eigenvalue weighted by Gasteiger charge is -1.96. The summed E-state index contributed by atoms with van der Waals surface area (Å²) in [4.78, 5) is 0. The second-order valence-electron chi connectivity index (χ2n) is 3.13. The number of aromatic amines is 1. The number of H-pyrrole nitrogens is 1. The number of azo groups is 1. The number of nitrogen functional groups attached to an aromatic ring is 3. The number of benzene rings is 1. The monoisotopic (exact) mass is 217 g/mol. The van der Waals surface area contributed by atoms with Gasteiger partial charge in [0.05, 0.1) is 5.69 Å².